The molecule has 0 aromatic heterocycles. The Labute approximate surface area is 147 Å². The van der Waals surface area contributed by atoms with Gasteiger partial charge >= 0.3 is 0 Å². The van der Waals surface area contributed by atoms with Gasteiger partial charge in [-0.15, -0.1) is 0 Å². The van der Waals surface area contributed by atoms with Crippen LogP contribution in [0.4, 0.5) is 4.39 Å². The summed E-state index contributed by atoms with van der Waals surface area (Å²) in [4.78, 5) is 2.14. The normalized spacial score (nSPS) is 16.6. The van der Waals surface area contributed by atoms with Crippen LogP contribution in [0.5, 0.6) is 17.2 Å². The van der Waals surface area contributed by atoms with E-state index >= 15 is 0 Å². The maximum absolute atomic E-state index is 14.3. The van der Waals surface area contributed by atoms with Crippen molar-refractivity contribution in [1.29, 1.82) is 0 Å². The molecule has 2 aromatic rings. The third-order valence-corrected chi connectivity index (χ3v) is 4.53. The number of rotatable bonds is 7. The van der Waals surface area contributed by atoms with Crippen LogP contribution in [0.3, 0.4) is 0 Å². The number of nitrogens with zero attached hydrogens (tertiary/aromatic N) is 1. The second kappa shape index (κ2) is 7.72. The van der Waals surface area contributed by atoms with Crippen LogP contribution >= 0.6 is 0 Å². The van der Waals surface area contributed by atoms with E-state index in [1.54, 1.807) is 7.11 Å². The Morgan fingerprint density at radius 2 is 1.76 bits per heavy atom. The predicted molar refractivity (Wildman–Crippen MR) is 93.6 cm³/mol. The van der Waals surface area contributed by atoms with E-state index in [4.69, 9.17) is 19.9 Å². The van der Waals surface area contributed by atoms with Crippen molar-refractivity contribution in [2.24, 2.45) is 5.73 Å². The quantitative estimate of drug-likeness (QED) is 0.835. The Hall–Kier alpha value is -2.31. The molecule has 0 saturated heterocycles. The minimum absolute atomic E-state index is 0.0286. The molecule has 6 heteroatoms. The highest BCUT2D eigenvalue weighted by Gasteiger charge is 2.31. The summed E-state index contributed by atoms with van der Waals surface area (Å²) in [6, 6.07) is 10.7. The van der Waals surface area contributed by atoms with Gasteiger partial charge in [0.25, 0.3) is 0 Å². The molecular weight excluding hydrogens is 323 g/mol. The fourth-order valence-electron chi connectivity index (χ4n) is 3.19. The van der Waals surface area contributed by atoms with Gasteiger partial charge in [0.1, 0.15) is 29.7 Å². The molecule has 1 atom stereocenters. The Bertz CT molecular complexity index is 721. The third kappa shape index (κ3) is 3.70. The van der Waals surface area contributed by atoms with Gasteiger partial charge in [-0.3, -0.25) is 4.90 Å². The van der Waals surface area contributed by atoms with Crippen molar-refractivity contribution in [2.45, 2.75) is 12.6 Å². The van der Waals surface area contributed by atoms with Gasteiger partial charge in [-0.1, -0.05) is 0 Å². The van der Waals surface area contributed by atoms with Gasteiger partial charge in [0.15, 0.2) is 0 Å². The number of methoxy groups -OCH3 is 2. The van der Waals surface area contributed by atoms with Crippen molar-refractivity contribution in [1.82, 2.24) is 4.90 Å². The van der Waals surface area contributed by atoms with Crippen molar-refractivity contribution in [3.63, 3.8) is 0 Å². The summed E-state index contributed by atoms with van der Waals surface area (Å²) in [7, 11) is 3.16. The highest BCUT2D eigenvalue weighted by molar-refractivity contribution is 5.42. The minimum Gasteiger partial charge on any atom is -0.497 e. The number of fused-ring (bicyclic) bond motifs is 1. The average molecular weight is 346 g/mol. The molecule has 0 radical (unpaired) electrons. The topological polar surface area (TPSA) is 57.0 Å². The van der Waals surface area contributed by atoms with E-state index < -0.39 is 0 Å². The van der Waals surface area contributed by atoms with Gasteiger partial charge in [0.05, 0.1) is 14.2 Å². The molecule has 1 unspecified atom stereocenters. The van der Waals surface area contributed by atoms with Gasteiger partial charge in [0.2, 0.25) is 0 Å². The van der Waals surface area contributed by atoms with Crippen molar-refractivity contribution < 1.29 is 18.6 Å². The standard InChI is InChI=1S/C19H23FN2O3/c1-23-13-3-5-14(6-4-13)25-8-7-22-12-17-16(19(22)11-21)9-15(24-2)10-18(17)20/h3-6,9-10,19H,7-8,11-12,21H2,1-2H3. The van der Waals surface area contributed by atoms with Crippen molar-refractivity contribution in [2.75, 3.05) is 33.9 Å². The highest BCUT2D eigenvalue weighted by atomic mass is 19.1. The molecule has 0 spiro atoms. The van der Waals surface area contributed by atoms with E-state index in [-0.39, 0.29) is 11.9 Å². The van der Waals surface area contributed by atoms with E-state index in [1.807, 2.05) is 30.3 Å². The largest absolute Gasteiger partial charge is 0.497 e. The summed E-state index contributed by atoms with van der Waals surface area (Å²) < 4.78 is 30.4. The SMILES string of the molecule is COc1ccc(OCCN2Cc3c(F)cc(OC)cc3C2CN)cc1. The molecule has 2 N–H and O–H groups in total. The summed E-state index contributed by atoms with van der Waals surface area (Å²) in [6.07, 6.45) is 0. The molecule has 1 aliphatic rings. The lowest BCUT2D eigenvalue weighted by Gasteiger charge is -2.23. The molecule has 134 valence electrons. The Balaban J connectivity index is 1.64. The summed E-state index contributed by atoms with van der Waals surface area (Å²) in [5.74, 6) is 1.84. The number of benzene rings is 2. The van der Waals surface area contributed by atoms with Crippen LogP contribution in [0, 0.1) is 5.82 Å². The van der Waals surface area contributed by atoms with Crippen LogP contribution in [0.25, 0.3) is 0 Å². The van der Waals surface area contributed by atoms with Crippen LogP contribution in [0.1, 0.15) is 17.2 Å². The molecule has 0 fully saturated rings. The predicted octanol–water partition coefficient (Wildman–Crippen LogP) is 2.74. The van der Waals surface area contributed by atoms with Gasteiger partial charge < -0.3 is 19.9 Å². The summed E-state index contributed by atoms with van der Waals surface area (Å²) >= 11 is 0. The van der Waals surface area contributed by atoms with Gasteiger partial charge in [-0.25, -0.2) is 4.39 Å². The first-order valence-electron chi connectivity index (χ1n) is 8.23. The first kappa shape index (κ1) is 17.5. The molecule has 0 bridgehead atoms. The van der Waals surface area contributed by atoms with Crippen LogP contribution in [-0.4, -0.2) is 38.8 Å². The first-order chi connectivity index (χ1) is 12.2. The third-order valence-electron chi connectivity index (χ3n) is 4.53. The number of ether oxygens (including phenoxy) is 3. The summed E-state index contributed by atoms with van der Waals surface area (Å²) in [5, 5.41) is 0. The fourth-order valence-corrected chi connectivity index (χ4v) is 3.19. The number of hydrogen-bond acceptors (Lipinski definition) is 5. The van der Waals surface area contributed by atoms with E-state index in [2.05, 4.69) is 4.90 Å². The smallest absolute Gasteiger partial charge is 0.131 e. The maximum Gasteiger partial charge on any atom is 0.131 e. The Morgan fingerprint density at radius 3 is 2.40 bits per heavy atom. The van der Waals surface area contributed by atoms with Crippen LogP contribution < -0.4 is 19.9 Å². The van der Waals surface area contributed by atoms with Crippen molar-refractivity contribution in [3.8, 4) is 17.2 Å². The number of halogens is 1. The minimum atomic E-state index is -0.244. The molecule has 0 amide bonds. The zero-order valence-electron chi connectivity index (χ0n) is 14.5. The lowest BCUT2D eigenvalue weighted by molar-refractivity contribution is 0.173. The zero-order valence-corrected chi connectivity index (χ0v) is 14.5. The van der Waals surface area contributed by atoms with Gasteiger partial charge in [-0.05, 0) is 35.9 Å². The second-order valence-electron chi connectivity index (χ2n) is 5.92. The first-order valence-corrected chi connectivity index (χ1v) is 8.23. The van der Waals surface area contributed by atoms with E-state index in [1.165, 1.54) is 13.2 Å². The lowest BCUT2D eigenvalue weighted by Crippen LogP contribution is -2.31. The molecule has 25 heavy (non-hydrogen) atoms. The Morgan fingerprint density at radius 1 is 1.08 bits per heavy atom. The fraction of sp³-hybridized carbons (Fsp3) is 0.368. The van der Waals surface area contributed by atoms with E-state index in [0.29, 0.717) is 37.6 Å². The van der Waals surface area contributed by atoms with Crippen molar-refractivity contribution >= 4 is 0 Å². The molecule has 0 aliphatic carbocycles. The van der Waals surface area contributed by atoms with Gasteiger partial charge in [-0.2, -0.15) is 0 Å². The monoisotopic (exact) mass is 346 g/mol. The molecule has 2 aromatic carbocycles. The molecule has 1 heterocycles. The van der Waals surface area contributed by atoms with Crippen LogP contribution in [-0.2, 0) is 6.54 Å². The zero-order chi connectivity index (χ0) is 17.8. The number of nitrogens with two attached hydrogens (primary N) is 1. The van der Waals surface area contributed by atoms with Crippen LogP contribution in [0.2, 0.25) is 0 Å². The number of hydrogen-bond donors (Lipinski definition) is 1. The molecule has 3 rings (SSSR count). The molecule has 0 saturated carbocycles. The summed E-state index contributed by atoms with van der Waals surface area (Å²) in [6.45, 7) is 2.10. The molecule has 1 aliphatic heterocycles. The second-order valence-corrected chi connectivity index (χ2v) is 5.92. The highest BCUT2D eigenvalue weighted by Crippen LogP contribution is 2.36. The van der Waals surface area contributed by atoms with E-state index in [9.17, 15) is 4.39 Å². The summed E-state index contributed by atoms with van der Waals surface area (Å²) in [5.41, 5.74) is 7.54. The Kier molecular flexibility index (Phi) is 5.40. The van der Waals surface area contributed by atoms with Crippen molar-refractivity contribution in [3.05, 3.63) is 53.3 Å². The maximum atomic E-state index is 14.3. The molecule has 5 nitrogen and oxygen atoms in total. The average Bonchev–Trinajstić information content (AvgIpc) is 3.00. The lowest BCUT2D eigenvalue weighted by atomic mass is 10.0. The van der Waals surface area contributed by atoms with Crippen LogP contribution in [0.15, 0.2) is 36.4 Å². The molecular formula is C19H23FN2O3. The van der Waals surface area contributed by atoms with Gasteiger partial charge in [0, 0.05) is 37.3 Å². The van der Waals surface area contributed by atoms with E-state index in [0.717, 1.165) is 17.1 Å².